The Kier molecular flexibility index (Phi) is 3.42. The maximum atomic E-state index is 10.6. The van der Waals surface area contributed by atoms with Crippen LogP contribution >= 0.6 is 0 Å². The van der Waals surface area contributed by atoms with Crippen LogP contribution in [0.2, 0.25) is 0 Å². The lowest BCUT2D eigenvalue weighted by Crippen LogP contribution is -2.27. The number of fused-ring (bicyclic) bond motifs is 1. The molecular weight excluding hydrogens is 270 g/mol. The van der Waals surface area contributed by atoms with E-state index in [1.807, 2.05) is 12.1 Å². The number of aromatic nitrogens is 1. The summed E-state index contributed by atoms with van der Waals surface area (Å²) in [5.74, 6) is 7.25. The number of carbonyl (C=O) groups is 1. The standard InChI is InChI=1S/C14H19N5O2/c15-12(14(20)21)8-19(16)5-9-1-2-13(17-4-9)18-6-10-3-11(10)7-18/h1-2,4,8,10-11H,3,5-7,15-16H2,(H,20,21)/b12-8-. The van der Waals surface area contributed by atoms with Crippen molar-refractivity contribution < 1.29 is 9.90 Å². The summed E-state index contributed by atoms with van der Waals surface area (Å²) in [4.78, 5) is 17.4. The predicted molar refractivity (Wildman–Crippen MR) is 77.7 cm³/mol. The second-order valence-electron chi connectivity index (χ2n) is 5.75. The summed E-state index contributed by atoms with van der Waals surface area (Å²) in [6.07, 6.45) is 4.34. The molecule has 2 fully saturated rings. The number of carboxylic acid groups (broad SMARTS) is 1. The Balaban J connectivity index is 1.59. The van der Waals surface area contributed by atoms with Gasteiger partial charge in [0.05, 0.1) is 6.54 Å². The van der Waals surface area contributed by atoms with E-state index in [1.54, 1.807) is 6.20 Å². The highest BCUT2D eigenvalue weighted by Crippen LogP contribution is 2.45. The Morgan fingerprint density at radius 1 is 1.48 bits per heavy atom. The lowest BCUT2D eigenvalue weighted by Gasteiger charge is -2.19. The Hall–Kier alpha value is -2.28. The van der Waals surface area contributed by atoms with Gasteiger partial charge in [-0.05, 0) is 29.9 Å². The van der Waals surface area contributed by atoms with Crippen LogP contribution in [0.1, 0.15) is 12.0 Å². The van der Waals surface area contributed by atoms with Gasteiger partial charge in [0.1, 0.15) is 11.5 Å². The average molecular weight is 289 g/mol. The number of aliphatic carboxylic acids is 1. The van der Waals surface area contributed by atoms with Crippen LogP contribution in [0, 0.1) is 11.8 Å². The molecule has 7 heteroatoms. The minimum atomic E-state index is -1.19. The van der Waals surface area contributed by atoms with Crippen molar-refractivity contribution in [2.24, 2.45) is 23.4 Å². The fourth-order valence-electron chi connectivity index (χ4n) is 2.77. The van der Waals surface area contributed by atoms with E-state index in [-0.39, 0.29) is 5.70 Å². The number of nitrogens with zero attached hydrogens (tertiary/aromatic N) is 3. The molecule has 1 saturated carbocycles. The normalized spacial score (nSPS) is 23.9. The molecule has 1 aliphatic carbocycles. The molecule has 1 aromatic rings. The van der Waals surface area contributed by atoms with Crippen LogP contribution in [0.5, 0.6) is 0 Å². The highest BCUT2D eigenvalue weighted by Gasteiger charge is 2.45. The first kappa shape index (κ1) is 13.7. The molecule has 21 heavy (non-hydrogen) atoms. The van der Waals surface area contributed by atoms with Crippen molar-refractivity contribution in [1.82, 2.24) is 9.99 Å². The number of hydrazine groups is 1. The Bertz CT molecular complexity index is 561. The fourth-order valence-corrected chi connectivity index (χ4v) is 2.77. The van der Waals surface area contributed by atoms with Gasteiger partial charge in [0.25, 0.3) is 0 Å². The van der Waals surface area contributed by atoms with E-state index in [2.05, 4.69) is 9.88 Å². The van der Waals surface area contributed by atoms with Crippen molar-refractivity contribution in [3.63, 3.8) is 0 Å². The van der Waals surface area contributed by atoms with Gasteiger partial charge in [-0.3, -0.25) is 0 Å². The second-order valence-corrected chi connectivity index (χ2v) is 5.75. The van der Waals surface area contributed by atoms with Crippen molar-refractivity contribution in [2.45, 2.75) is 13.0 Å². The van der Waals surface area contributed by atoms with Gasteiger partial charge in [-0.2, -0.15) is 0 Å². The van der Waals surface area contributed by atoms with Gasteiger partial charge in [-0.15, -0.1) is 0 Å². The van der Waals surface area contributed by atoms with E-state index in [1.165, 1.54) is 17.6 Å². The average Bonchev–Trinajstić information content (AvgIpc) is 3.05. The summed E-state index contributed by atoms with van der Waals surface area (Å²) < 4.78 is 0. The molecule has 112 valence electrons. The van der Waals surface area contributed by atoms with Crippen molar-refractivity contribution >= 4 is 11.8 Å². The molecule has 2 aliphatic rings. The predicted octanol–water partition coefficient (Wildman–Crippen LogP) is 0.0981. The summed E-state index contributed by atoms with van der Waals surface area (Å²) >= 11 is 0. The highest BCUT2D eigenvalue weighted by atomic mass is 16.4. The molecule has 5 N–H and O–H groups in total. The second kappa shape index (κ2) is 5.25. The van der Waals surface area contributed by atoms with Crippen molar-refractivity contribution in [3.8, 4) is 0 Å². The number of carboxylic acids is 1. The number of piperidine rings is 1. The monoisotopic (exact) mass is 289 g/mol. The maximum Gasteiger partial charge on any atom is 0.353 e. The Morgan fingerprint density at radius 3 is 2.76 bits per heavy atom. The molecule has 1 aliphatic heterocycles. The van der Waals surface area contributed by atoms with Crippen LogP contribution in [0.15, 0.2) is 30.2 Å². The van der Waals surface area contributed by atoms with Gasteiger partial charge < -0.3 is 20.7 Å². The van der Waals surface area contributed by atoms with E-state index in [0.717, 1.165) is 36.3 Å². The summed E-state index contributed by atoms with van der Waals surface area (Å²) in [7, 11) is 0. The maximum absolute atomic E-state index is 10.6. The molecule has 2 heterocycles. The Morgan fingerprint density at radius 2 is 2.19 bits per heavy atom. The molecule has 0 radical (unpaired) electrons. The van der Waals surface area contributed by atoms with Gasteiger partial charge in [0, 0.05) is 25.5 Å². The highest BCUT2D eigenvalue weighted by molar-refractivity contribution is 5.85. The van der Waals surface area contributed by atoms with E-state index in [4.69, 9.17) is 16.7 Å². The van der Waals surface area contributed by atoms with E-state index in [0.29, 0.717) is 6.54 Å². The molecule has 0 spiro atoms. The molecule has 1 saturated heterocycles. The third-order valence-electron chi connectivity index (χ3n) is 4.03. The first-order chi connectivity index (χ1) is 10.0. The quantitative estimate of drug-likeness (QED) is 0.400. The summed E-state index contributed by atoms with van der Waals surface area (Å²) in [5, 5.41) is 9.93. The zero-order chi connectivity index (χ0) is 15.0. The molecule has 2 unspecified atom stereocenters. The van der Waals surface area contributed by atoms with Crippen LogP contribution in [-0.4, -0.2) is 34.2 Å². The van der Waals surface area contributed by atoms with E-state index in [9.17, 15) is 4.79 Å². The molecule has 1 aromatic heterocycles. The Labute approximate surface area is 122 Å². The zero-order valence-electron chi connectivity index (χ0n) is 11.6. The summed E-state index contributed by atoms with van der Waals surface area (Å²) in [5.41, 5.74) is 5.92. The minimum absolute atomic E-state index is 0.293. The van der Waals surface area contributed by atoms with Crippen molar-refractivity contribution in [2.75, 3.05) is 18.0 Å². The zero-order valence-corrected chi connectivity index (χ0v) is 11.6. The third-order valence-corrected chi connectivity index (χ3v) is 4.03. The van der Waals surface area contributed by atoms with Crippen LogP contribution in [0.25, 0.3) is 0 Å². The van der Waals surface area contributed by atoms with Gasteiger partial charge in [0.15, 0.2) is 0 Å². The summed E-state index contributed by atoms with van der Waals surface area (Å²) in [6.45, 7) is 2.57. The smallest absolute Gasteiger partial charge is 0.353 e. The van der Waals surface area contributed by atoms with Gasteiger partial charge >= 0.3 is 5.97 Å². The van der Waals surface area contributed by atoms with Crippen LogP contribution in [0.3, 0.4) is 0 Å². The first-order valence-electron chi connectivity index (χ1n) is 6.94. The molecular formula is C14H19N5O2. The SMILES string of the molecule is N/C(=C\N(N)Cc1ccc(N2CC3CC3C2)nc1)C(=O)O. The molecule has 3 rings (SSSR count). The number of pyridine rings is 1. The van der Waals surface area contributed by atoms with E-state index < -0.39 is 5.97 Å². The third kappa shape index (κ3) is 3.08. The summed E-state index contributed by atoms with van der Waals surface area (Å²) in [6, 6.07) is 3.94. The molecule has 0 bridgehead atoms. The van der Waals surface area contributed by atoms with Crippen LogP contribution in [-0.2, 0) is 11.3 Å². The lowest BCUT2D eigenvalue weighted by atomic mass is 10.2. The number of rotatable bonds is 5. The van der Waals surface area contributed by atoms with Crippen molar-refractivity contribution in [3.05, 3.63) is 35.8 Å². The topological polar surface area (TPSA) is 109 Å². The van der Waals surface area contributed by atoms with E-state index >= 15 is 0 Å². The number of anilines is 1. The van der Waals surface area contributed by atoms with Gasteiger partial charge in [-0.25, -0.2) is 15.6 Å². The van der Waals surface area contributed by atoms with Crippen molar-refractivity contribution in [1.29, 1.82) is 0 Å². The first-order valence-corrected chi connectivity index (χ1v) is 6.94. The fraction of sp³-hybridized carbons (Fsp3) is 0.429. The number of hydrogen-bond acceptors (Lipinski definition) is 6. The van der Waals surface area contributed by atoms with Crippen LogP contribution in [0.4, 0.5) is 5.82 Å². The number of hydrogen-bond donors (Lipinski definition) is 3. The molecule has 2 atom stereocenters. The van der Waals surface area contributed by atoms with Gasteiger partial charge in [-0.1, -0.05) is 6.07 Å². The molecule has 0 amide bonds. The molecule has 7 nitrogen and oxygen atoms in total. The molecule has 0 aromatic carbocycles. The largest absolute Gasteiger partial charge is 0.477 e. The number of nitrogens with two attached hydrogens (primary N) is 2. The van der Waals surface area contributed by atoms with Gasteiger partial charge in [0.2, 0.25) is 0 Å². The van der Waals surface area contributed by atoms with Crippen LogP contribution < -0.4 is 16.5 Å². The minimum Gasteiger partial charge on any atom is -0.477 e. The lowest BCUT2D eigenvalue weighted by molar-refractivity contribution is -0.132.